The molecule has 0 atom stereocenters. The van der Waals surface area contributed by atoms with Gasteiger partial charge >= 0.3 is 0 Å². The van der Waals surface area contributed by atoms with Crippen molar-refractivity contribution >= 4 is 0 Å². The highest BCUT2D eigenvalue weighted by Gasteiger charge is 2.18. The largest absolute Gasteiger partial charge is 0.378 e. The van der Waals surface area contributed by atoms with E-state index >= 15 is 0 Å². The highest BCUT2D eigenvalue weighted by Crippen LogP contribution is 2.14. The van der Waals surface area contributed by atoms with Gasteiger partial charge in [0.15, 0.2) is 0 Å². The fourth-order valence-corrected chi connectivity index (χ4v) is 2.17. The molecule has 0 aromatic carbocycles. The Hall–Kier alpha value is -0.630. The maximum atomic E-state index is 8.45. The van der Waals surface area contributed by atoms with E-state index in [0.29, 0.717) is 12.5 Å². The number of hydrogen-bond donors (Lipinski definition) is 1. The summed E-state index contributed by atoms with van der Waals surface area (Å²) in [6.45, 7) is 4.94. The van der Waals surface area contributed by atoms with Crippen molar-refractivity contribution in [3.8, 4) is 6.07 Å². The number of likely N-dealkylation sites (tertiary alicyclic amines) is 1. The molecule has 0 spiro atoms. The number of nitriles is 1. The summed E-state index contributed by atoms with van der Waals surface area (Å²) < 4.78 is 5.76. The predicted molar refractivity (Wildman–Crippen MR) is 68.5 cm³/mol. The van der Waals surface area contributed by atoms with Gasteiger partial charge in [-0.05, 0) is 45.2 Å². The van der Waals surface area contributed by atoms with Crippen LogP contribution >= 0.6 is 0 Å². The number of rotatable bonds is 8. The molecule has 0 aromatic rings. The van der Waals surface area contributed by atoms with Crippen LogP contribution in [0.25, 0.3) is 0 Å². The Morgan fingerprint density at radius 3 is 2.65 bits per heavy atom. The topological polar surface area (TPSA) is 62.3 Å². The quantitative estimate of drug-likeness (QED) is 0.652. The van der Waals surface area contributed by atoms with Gasteiger partial charge < -0.3 is 15.4 Å². The van der Waals surface area contributed by atoms with Crippen molar-refractivity contribution in [3.05, 3.63) is 0 Å². The molecule has 0 bridgehead atoms. The molecule has 1 aliphatic rings. The summed E-state index contributed by atoms with van der Waals surface area (Å²) in [6, 6.07) is 2.19. The molecule has 1 fully saturated rings. The fraction of sp³-hybridized carbons (Fsp3) is 0.923. The minimum atomic E-state index is 0.442. The molecule has 17 heavy (non-hydrogen) atoms. The van der Waals surface area contributed by atoms with Crippen molar-refractivity contribution < 1.29 is 4.74 Å². The van der Waals surface area contributed by atoms with Crippen LogP contribution in [0.5, 0.6) is 0 Å². The third kappa shape index (κ3) is 6.62. The maximum Gasteiger partial charge on any atom is 0.0621 e. The second kappa shape index (κ2) is 9.41. The number of nitrogens with two attached hydrogens (primary N) is 1. The minimum absolute atomic E-state index is 0.442. The van der Waals surface area contributed by atoms with E-state index < -0.39 is 0 Å². The Labute approximate surface area is 105 Å². The average molecular weight is 239 g/mol. The second-order valence-corrected chi connectivity index (χ2v) is 4.67. The van der Waals surface area contributed by atoms with Crippen LogP contribution in [0.1, 0.15) is 38.5 Å². The summed E-state index contributed by atoms with van der Waals surface area (Å²) in [7, 11) is 0. The van der Waals surface area contributed by atoms with Gasteiger partial charge in [0.05, 0.1) is 12.2 Å². The summed E-state index contributed by atoms with van der Waals surface area (Å²) in [5, 5.41) is 8.45. The smallest absolute Gasteiger partial charge is 0.0621 e. The molecule has 1 saturated heterocycles. The van der Waals surface area contributed by atoms with Gasteiger partial charge in [-0.1, -0.05) is 0 Å². The summed E-state index contributed by atoms with van der Waals surface area (Å²) in [6.07, 6.45) is 6.56. The van der Waals surface area contributed by atoms with Crippen LogP contribution in [-0.2, 0) is 4.74 Å². The fourth-order valence-electron chi connectivity index (χ4n) is 2.17. The van der Waals surface area contributed by atoms with E-state index in [2.05, 4.69) is 11.0 Å². The van der Waals surface area contributed by atoms with E-state index in [1.807, 2.05) is 0 Å². The number of unbranched alkanes of at least 4 members (excludes halogenated alkanes) is 2. The molecule has 1 heterocycles. The van der Waals surface area contributed by atoms with Gasteiger partial charge in [0.1, 0.15) is 0 Å². The minimum Gasteiger partial charge on any atom is -0.378 e. The number of nitrogens with zero attached hydrogens (tertiary/aromatic N) is 2. The Kier molecular flexibility index (Phi) is 7.98. The normalized spacial score (nSPS) is 18.1. The predicted octanol–water partition coefficient (Wildman–Crippen LogP) is 1.51. The first-order valence-electron chi connectivity index (χ1n) is 6.77. The van der Waals surface area contributed by atoms with Crippen molar-refractivity contribution in [2.24, 2.45) is 5.73 Å². The van der Waals surface area contributed by atoms with Crippen LogP contribution < -0.4 is 5.73 Å². The van der Waals surface area contributed by atoms with Gasteiger partial charge in [-0.2, -0.15) is 5.26 Å². The molecule has 2 N–H and O–H groups in total. The molecule has 4 nitrogen and oxygen atoms in total. The third-order valence-electron chi connectivity index (χ3n) is 3.25. The van der Waals surface area contributed by atoms with Gasteiger partial charge in [-0.25, -0.2) is 0 Å². The molecule has 0 radical (unpaired) electrons. The molecule has 4 heteroatoms. The SMILES string of the molecule is N#CCCCCN1CCC(OCCCN)CC1. The summed E-state index contributed by atoms with van der Waals surface area (Å²) in [5.41, 5.74) is 5.43. The summed E-state index contributed by atoms with van der Waals surface area (Å²) >= 11 is 0. The molecule has 1 rings (SSSR count). The van der Waals surface area contributed by atoms with Crippen molar-refractivity contribution in [2.45, 2.75) is 44.6 Å². The number of hydrogen-bond acceptors (Lipinski definition) is 4. The Morgan fingerprint density at radius 2 is 2.00 bits per heavy atom. The molecule has 1 aliphatic heterocycles. The Bertz CT molecular complexity index is 219. The monoisotopic (exact) mass is 239 g/mol. The van der Waals surface area contributed by atoms with E-state index in [1.165, 1.54) is 0 Å². The number of ether oxygens (including phenoxy) is 1. The second-order valence-electron chi connectivity index (χ2n) is 4.67. The average Bonchev–Trinajstić information content (AvgIpc) is 2.37. The van der Waals surface area contributed by atoms with E-state index in [9.17, 15) is 0 Å². The molecule has 0 aromatic heterocycles. The zero-order chi connectivity index (χ0) is 12.3. The molecular weight excluding hydrogens is 214 g/mol. The third-order valence-corrected chi connectivity index (χ3v) is 3.25. The van der Waals surface area contributed by atoms with Crippen LogP contribution in [0.3, 0.4) is 0 Å². The zero-order valence-electron chi connectivity index (χ0n) is 10.7. The summed E-state index contributed by atoms with van der Waals surface area (Å²) in [4.78, 5) is 2.49. The number of piperidine rings is 1. The van der Waals surface area contributed by atoms with Crippen LogP contribution in [0, 0.1) is 11.3 Å². The van der Waals surface area contributed by atoms with Crippen molar-refractivity contribution in [1.82, 2.24) is 4.90 Å². The van der Waals surface area contributed by atoms with Crippen LogP contribution in [0.2, 0.25) is 0 Å². The lowest BCUT2D eigenvalue weighted by atomic mass is 10.1. The van der Waals surface area contributed by atoms with Gasteiger partial charge in [0, 0.05) is 26.1 Å². The van der Waals surface area contributed by atoms with E-state index in [4.69, 9.17) is 15.7 Å². The standard InChI is InChI=1S/C13H25N3O/c14-7-2-1-3-9-16-10-5-13(6-11-16)17-12-4-8-15/h13H,1-6,8-12,15H2. The molecule has 0 unspecified atom stereocenters. The molecule has 0 amide bonds. The molecule has 0 aliphatic carbocycles. The van der Waals surface area contributed by atoms with Crippen LogP contribution in [-0.4, -0.2) is 43.8 Å². The van der Waals surface area contributed by atoms with Crippen molar-refractivity contribution in [3.63, 3.8) is 0 Å². The lowest BCUT2D eigenvalue weighted by Crippen LogP contribution is -2.37. The molecule has 98 valence electrons. The van der Waals surface area contributed by atoms with Crippen molar-refractivity contribution in [1.29, 1.82) is 5.26 Å². The maximum absolute atomic E-state index is 8.45. The highest BCUT2D eigenvalue weighted by atomic mass is 16.5. The van der Waals surface area contributed by atoms with E-state index in [0.717, 1.165) is 64.9 Å². The zero-order valence-corrected chi connectivity index (χ0v) is 10.7. The molecular formula is C13H25N3O. The van der Waals surface area contributed by atoms with Gasteiger partial charge in [-0.3, -0.25) is 0 Å². The first-order valence-corrected chi connectivity index (χ1v) is 6.77. The van der Waals surface area contributed by atoms with Crippen LogP contribution in [0.15, 0.2) is 0 Å². The summed E-state index contributed by atoms with van der Waals surface area (Å²) in [5.74, 6) is 0. The lowest BCUT2D eigenvalue weighted by molar-refractivity contribution is 0.00705. The Morgan fingerprint density at radius 1 is 1.24 bits per heavy atom. The first-order chi connectivity index (χ1) is 8.36. The van der Waals surface area contributed by atoms with Crippen molar-refractivity contribution in [2.75, 3.05) is 32.8 Å². The van der Waals surface area contributed by atoms with E-state index in [-0.39, 0.29) is 0 Å². The lowest BCUT2D eigenvalue weighted by Gasteiger charge is -2.31. The van der Waals surface area contributed by atoms with Gasteiger partial charge in [0.2, 0.25) is 0 Å². The van der Waals surface area contributed by atoms with Gasteiger partial charge in [-0.15, -0.1) is 0 Å². The Balaban J connectivity index is 1.99. The molecule has 0 saturated carbocycles. The van der Waals surface area contributed by atoms with Gasteiger partial charge in [0.25, 0.3) is 0 Å². The van der Waals surface area contributed by atoms with E-state index in [1.54, 1.807) is 0 Å². The first kappa shape index (κ1) is 14.4. The van der Waals surface area contributed by atoms with Crippen LogP contribution in [0.4, 0.5) is 0 Å². The highest BCUT2D eigenvalue weighted by molar-refractivity contribution is 4.74.